The van der Waals surface area contributed by atoms with Gasteiger partial charge in [0.1, 0.15) is 0 Å². The van der Waals surface area contributed by atoms with Gasteiger partial charge in [-0.15, -0.1) is 0 Å². The minimum Gasteiger partial charge on any atom is -0.351 e. The van der Waals surface area contributed by atoms with Crippen LogP contribution in [0.15, 0.2) is 72.8 Å². The van der Waals surface area contributed by atoms with Gasteiger partial charge in [-0.05, 0) is 63.2 Å². The number of ether oxygens (including phenoxy) is 2. The molecule has 1 aliphatic heterocycles. The highest BCUT2D eigenvalue weighted by atomic mass is 16.7. The first-order valence-corrected chi connectivity index (χ1v) is 13.4. The fraction of sp³-hybridized carbons (Fsp3) is 0.290. The first-order chi connectivity index (χ1) is 19.8. The van der Waals surface area contributed by atoms with Crippen LogP contribution in [0.3, 0.4) is 0 Å². The topological polar surface area (TPSA) is 133 Å². The number of para-hydroxylation sites is 1. The number of carbonyl (C=O) groups excluding carboxylic acids is 3. The van der Waals surface area contributed by atoms with Crippen LogP contribution in [0, 0.1) is 18.3 Å². The monoisotopic (exact) mass is 555 g/mol. The molecule has 212 valence electrons. The zero-order valence-electron chi connectivity index (χ0n) is 23.3. The Labute approximate surface area is 239 Å². The first-order valence-electron chi connectivity index (χ1n) is 13.4. The maximum absolute atomic E-state index is 14.3. The summed E-state index contributed by atoms with van der Waals surface area (Å²) >= 11 is 0. The van der Waals surface area contributed by atoms with Gasteiger partial charge in [0.05, 0.1) is 30.3 Å². The number of hydrogen-bond acceptors (Lipinski definition) is 6. The van der Waals surface area contributed by atoms with Gasteiger partial charge in [-0.2, -0.15) is 5.26 Å². The number of nitriles is 1. The zero-order valence-corrected chi connectivity index (χ0v) is 23.3. The summed E-state index contributed by atoms with van der Waals surface area (Å²) in [6.45, 7) is 6.43. The lowest BCUT2D eigenvalue weighted by Crippen LogP contribution is -2.56. The minimum absolute atomic E-state index is 0.0672. The molecule has 1 atom stereocenters. The largest absolute Gasteiger partial charge is 0.351 e. The summed E-state index contributed by atoms with van der Waals surface area (Å²) in [6.07, 6.45) is -1.06. The summed E-state index contributed by atoms with van der Waals surface area (Å²) in [5.74, 6) is -0.944. The van der Waals surface area contributed by atoms with Crippen molar-refractivity contribution in [3.8, 4) is 6.07 Å². The van der Waals surface area contributed by atoms with E-state index in [9.17, 15) is 14.4 Å². The summed E-state index contributed by atoms with van der Waals surface area (Å²) in [6, 6.07) is 22.0. The van der Waals surface area contributed by atoms with Crippen LogP contribution >= 0.6 is 0 Å². The van der Waals surface area contributed by atoms with Crippen molar-refractivity contribution in [2.45, 2.75) is 39.0 Å². The van der Waals surface area contributed by atoms with Crippen molar-refractivity contribution in [3.63, 3.8) is 0 Å². The van der Waals surface area contributed by atoms with Crippen molar-refractivity contribution < 1.29 is 23.9 Å². The second kappa shape index (κ2) is 13.1. The molecule has 0 saturated carbocycles. The van der Waals surface area contributed by atoms with Gasteiger partial charge in [0, 0.05) is 30.2 Å². The molecule has 1 aliphatic rings. The van der Waals surface area contributed by atoms with E-state index in [-0.39, 0.29) is 13.0 Å². The van der Waals surface area contributed by atoms with E-state index in [1.54, 1.807) is 60.7 Å². The van der Waals surface area contributed by atoms with E-state index < -0.39 is 29.7 Å². The molecule has 3 aromatic carbocycles. The molecule has 4 amide bonds. The first kappa shape index (κ1) is 29.3. The Morgan fingerprint density at radius 3 is 2.17 bits per heavy atom. The fourth-order valence-corrected chi connectivity index (χ4v) is 4.78. The normalized spacial score (nSPS) is 15.8. The average Bonchev–Trinajstić information content (AvgIpc) is 3.17. The number of rotatable bonds is 11. The number of hydrogen-bond donors (Lipinski definition) is 3. The van der Waals surface area contributed by atoms with Crippen LogP contribution in [0.2, 0.25) is 0 Å². The third kappa shape index (κ3) is 6.72. The highest BCUT2D eigenvalue weighted by molar-refractivity contribution is 6.12. The molecule has 10 nitrogen and oxygen atoms in total. The second-order valence-electron chi connectivity index (χ2n) is 9.54. The Kier molecular flexibility index (Phi) is 9.34. The van der Waals surface area contributed by atoms with Crippen molar-refractivity contribution in [2.75, 3.05) is 35.3 Å². The van der Waals surface area contributed by atoms with Crippen molar-refractivity contribution in [1.29, 1.82) is 5.26 Å². The Morgan fingerprint density at radius 2 is 1.54 bits per heavy atom. The van der Waals surface area contributed by atoms with E-state index in [2.05, 4.69) is 16.0 Å². The summed E-state index contributed by atoms with van der Waals surface area (Å²) < 4.78 is 11.4. The third-order valence-corrected chi connectivity index (χ3v) is 6.66. The van der Waals surface area contributed by atoms with Crippen molar-refractivity contribution in [3.05, 3.63) is 89.5 Å². The standard InChI is InChI=1S/C31H33N5O5/c1-4-40-28(41-5-2)20-36-26-9-7-6-8-25(26)31(29(36)38,18-27(37)33-23-14-10-21(3)11-15-23)35-30(39)34-24-16-12-22(19-32)13-17-24/h6-17,28H,4-5,18,20H2,1-3H3,(H,33,37)(H2,34,35,39). The number of urea groups is 1. The molecule has 0 aliphatic carbocycles. The van der Waals surface area contributed by atoms with Gasteiger partial charge in [-0.3, -0.25) is 9.59 Å². The Hall–Kier alpha value is -4.72. The molecular formula is C31H33N5O5. The number of fused-ring (bicyclic) bond motifs is 1. The molecule has 0 bridgehead atoms. The average molecular weight is 556 g/mol. The number of aryl methyl sites for hydroxylation is 1. The van der Waals surface area contributed by atoms with Gasteiger partial charge in [-0.25, -0.2) is 4.79 Å². The lowest BCUT2D eigenvalue weighted by molar-refractivity contribution is -0.138. The Bertz CT molecular complexity index is 1430. The maximum Gasteiger partial charge on any atom is 0.320 e. The minimum atomic E-state index is -1.72. The molecule has 10 heteroatoms. The predicted molar refractivity (Wildman–Crippen MR) is 155 cm³/mol. The Morgan fingerprint density at radius 1 is 0.927 bits per heavy atom. The van der Waals surface area contributed by atoms with Crippen LogP contribution < -0.4 is 20.9 Å². The highest BCUT2D eigenvalue weighted by Gasteiger charge is 2.53. The van der Waals surface area contributed by atoms with Crippen LogP contribution in [0.4, 0.5) is 21.9 Å². The number of nitrogens with zero attached hydrogens (tertiary/aromatic N) is 2. The lowest BCUT2D eigenvalue weighted by Gasteiger charge is -2.30. The molecule has 3 N–H and O–H groups in total. The fourth-order valence-electron chi connectivity index (χ4n) is 4.78. The molecule has 1 unspecified atom stereocenters. The molecule has 0 fully saturated rings. The number of amides is 4. The number of benzene rings is 3. The van der Waals surface area contributed by atoms with E-state index in [0.29, 0.717) is 41.4 Å². The molecule has 0 saturated heterocycles. The van der Waals surface area contributed by atoms with Crippen molar-refractivity contribution in [2.24, 2.45) is 0 Å². The van der Waals surface area contributed by atoms with Gasteiger partial charge < -0.3 is 30.3 Å². The second-order valence-corrected chi connectivity index (χ2v) is 9.54. The van der Waals surface area contributed by atoms with E-state index >= 15 is 0 Å². The molecular weight excluding hydrogens is 522 g/mol. The van der Waals surface area contributed by atoms with Gasteiger partial charge >= 0.3 is 6.03 Å². The molecule has 0 spiro atoms. The van der Waals surface area contributed by atoms with E-state index in [1.165, 1.54) is 4.90 Å². The van der Waals surface area contributed by atoms with E-state index in [0.717, 1.165) is 5.56 Å². The van der Waals surface area contributed by atoms with Gasteiger partial charge in [0.2, 0.25) is 5.91 Å². The molecule has 41 heavy (non-hydrogen) atoms. The van der Waals surface area contributed by atoms with E-state index in [4.69, 9.17) is 14.7 Å². The SMILES string of the molecule is CCOC(CN1C(=O)C(CC(=O)Nc2ccc(C)cc2)(NC(=O)Nc2ccc(C#N)cc2)c2ccccc21)OCC. The van der Waals surface area contributed by atoms with Gasteiger partial charge in [-0.1, -0.05) is 35.9 Å². The van der Waals surface area contributed by atoms with Crippen LogP contribution in [0.1, 0.15) is 37.0 Å². The molecule has 0 radical (unpaired) electrons. The van der Waals surface area contributed by atoms with Crippen LogP contribution in [0.25, 0.3) is 0 Å². The zero-order chi connectivity index (χ0) is 29.4. The number of anilines is 3. The van der Waals surface area contributed by atoms with Gasteiger partial charge in [0.15, 0.2) is 11.8 Å². The molecule has 0 aromatic heterocycles. The van der Waals surface area contributed by atoms with Crippen molar-refractivity contribution in [1.82, 2.24) is 5.32 Å². The highest BCUT2D eigenvalue weighted by Crippen LogP contribution is 2.43. The quantitative estimate of drug-likeness (QED) is 0.295. The number of carbonyl (C=O) groups is 3. The summed E-state index contributed by atoms with van der Waals surface area (Å²) in [5.41, 5.74) is 1.77. The maximum atomic E-state index is 14.3. The lowest BCUT2D eigenvalue weighted by atomic mass is 9.87. The number of nitrogens with one attached hydrogen (secondary N) is 3. The summed E-state index contributed by atoms with van der Waals surface area (Å²) in [4.78, 5) is 42.6. The molecule has 3 aromatic rings. The van der Waals surface area contributed by atoms with Crippen LogP contribution in [-0.2, 0) is 24.6 Å². The third-order valence-electron chi connectivity index (χ3n) is 6.66. The van der Waals surface area contributed by atoms with Crippen molar-refractivity contribution >= 4 is 34.9 Å². The summed E-state index contributed by atoms with van der Waals surface area (Å²) in [5, 5.41) is 17.4. The van der Waals surface area contributed by atoms with E-state index in [1.807, 2.05) is 39.0 Å². The Balaban J connectivity index is 1.68. The summed E-state index contributed by atoms with van der Waals surface area (Å²) in [7, 11) is 0. The molecule has 4 rings (SSSR count). The van der Waals surface area contributed by atoms with Crippen LogP contribution in [-0.4, -0.2) is 43.9 Å². The predicted octanol–water partition coefficient (Wildman–Crippen LogP) is 4.66. The van der Waals surface area contributed by atoms with Crippen LogP contribution in [0.5, 0.6) is 0 Å². The van der Waals surface area contributed by atoms with Gasteiger partial charge in [0.25, 0.3) is 5.91 Å². The smallest absolute Gasteiger partial charge is 0.320 e. The molecule has 1 heterocycles.